The van der Waals surface area contributed by atoms with Crippen LogP contribution in [0.25, 0.3) is 10.9 Å². The fraction of sp³-hybridized carbons (Fsp3) is 0.182. The number of nitrogens with two attached hydrogens (primary N) is 1. The summed E-state index contributed by atoms with van der Waals surface area (Å²) in [6.07, 6.45) is 5.28. The molecule has 0 aliphatic heterocycles. The Morgan fingerprint density at radius 3 is 2.93 bits per heavy atom. The van der Waals surface area contributed by atoms with Crippen LogP contribution >= 0.6 is 0 Å². The van der Waals surface area contributed by atoms with Gasteiger partial charge in [-0.15, -0.1) is 6.42 Å². The molecule has 3 heteroatoms. The number of nitrogens with zero attached hydrogens (tertiary/aromatic N) is 2. The molecule has 0 amide bonds. The second-order valence-electron chi connectivity index (χ2n) is 3.17. The SMILES string of the molecule is C#CC(N)c1nn(C)c2ccccc12. The number of fused-ring (bicyclic) bond motifs is 1. The summed E-state index contributed by atoms with van der Waals surface area (Å²) < 4.78 is 1.79. The van der Waals surface area contributed by atoms with Crippen molar-refractivity contribution in [3.8, 4) is 12.3 Å². The van der Waals surface area contributed by atoms with E-state index in [1.54, 1.807) is 4.68 Å². The smallest absolute Gasteiger partial charge is 0.111 e. The summed E-state index contributed by atoms with van der Waals surface area (Å²) in [6, 6.07) is 7.47. The van der Waals surface area contributed by atoms with Gasteiger partial charge in [0, 0.05) is 12.4 Å². The molecule has 70 valence electrons. The highest BCUT2D eigenvalue weighted by atomic mass is 15.3. The second kappa shape index (κ2) is 3.17. The molecule has 0 saturated carbocycles. The zero-order chi connectivity index (χ0) is 10.1. The van der Waals surface area contributed by atoms with Crippen molar-refractivity contribution in [2.24, 2.45) is 12.8 Å². The predicted molar refractivity (Wildman–Crippen MR) is 56.5 cm³/mol. The quantitative estimate of drug-likeness (QED) is 0.678. The molecule has 0 aliphatic carbocycles. The lowest BCUT2D eigenvalue weighted by atomic mass is 10.1. The lowest BCUT2D eigenvalue weighted by Gasteiger charge is -1.98. The maximum absolute atomic E-state index is 5.76. The summed E-state index contributed by atoms with van der Waals surface area (Å²) >= 11 is 0. The molecule has 0 aliphatic rings. The summed E-state index contributed by atoms with van der Waals surface area (Å²) in [5.74, 6) is 2.49. The molecule has 1 heterocycles. The van der Waals surface area contributed by atoms with E-state index in [0.717, 1.165) is 16.6 Å². The minimum atomic E-state index is -0.430. The highest BCUT2D eigenvalue weighted by Gasteiger charge is 2.12. The Bertz CT molecular complexity index is 505. The molecule has 2 rings (SSSR count). The Morgan fingerprint density at radius 1 is 1.50 bits per heavy atom. The molecule has 2 N–H and O–H groups in total. The standard InChI is InChI=1S/C11H11N3/c1-3-9(12)11-8-6-4-5-7-10(8)14(2)13-11/h1,4-7,9H,12H2,2H3. The summed E-state index contributed by atoms with van der Waals surface area (Å²) in [6.45, 7) is 0. The first-order valence-corrected chi connectivity index (χ1v) is 4.37. The number of para-hydroxylation sites is 1. The normalized spacial score (nSPS) is 12.6. The number of benzene rings is 1. The third-order valence-electron chi connectivity index (χ3n) is 2.26. The van der Waals surface area contributed by atoms with Gasteiger partial charge in [0.15, 0.2) is 0 Å². The molecular formula is C11H11N3. The molecule has 0 bridgehead atoms. The fourth-order valence-corrected chi connectivity index (χ4v) is 1.55. The van der Waals surface area contributed by atoms with Gasteiger partial charge in [-0.3, -0.25) is 4.68 Å². The highest BCUT2D eigenvalue weighted by Crippen LogP contribution is 2.21. The molecule has 1 aromatic carbocycles. The van der Waals surface area contributed by atoms with Gasteiger partial charge < -0.3 is 5.73 Å². The second-order valence-corrected chi connectivity index (χ2v) is 3.17. The van der Waals surface area contributed by atoms with Crippen molar-refractivity contribution in [2.75, 3.05) is 0 Å². The number of aryl methyl sites for hydroxylation is 1. The predicted octanol–water partition coefficient (Wildman–Crippen LogP) is 1.21. The van der Waals surface area contributed by atoms with Crippen LogP contribution in [0.2, 0.25) is 0 Å². The molecule has 3 nitrogen and oxygen atoms in total. The zero-order valence-electron chi connectivity index (χ0n) is 7.94. The molecule has 2 aromatic rings. The number of hydrogen-bond acceptors (Lipinski definition) is 2. The van der Waals surface area contributed by atoms with Crippen LogP contribution < -0.4 is 5.73 Å². The van der Waals surface area contributed by atoms with Crippen LogP contribution in [0.4, 0.5) is 0 Å². The van der Waals surface area contributed by atoms with E-state index in [1.807, 2.05) is 31.3 Å². The molecule has 1 unspecified atom stereocenters. The minimum Gasteiger partial charge on any atom is -0.313 e. The van der Waals surface area contributed by atoms with Gasteiger partial charge in [-0.05, 0) is 6.07 Å². The van der Waals surface area contributed by atoms with Crippen molar-refractivity contribution in [1.82, 2.24) is 9.78 Å². The first kappa shape index (κ1) is 8.79. The van der Waals surface area contributed by atoms with Gasteiger partial charge in [-0.2, -0.15) is 5.10 Å². The average Bonchev–Trinajstić information content (AvgIpc) is 2.56. The average molecular weight is 185 g/mol. The zero-order valence-corrected chi connectivity index (χ0v) is 7.94. The first-order valence-electron chi connectivity index (χ1n) is 4.37. The van der Waals surface area contributed by atoms with Crippen LogP contribution in [-0.2, 0) is 7.05 Å². The van der Waals surface area contributed by atoms with Crippen molar-refractivity contribution >= 4 is 10.9 Å². The Labute approximate surface area is 82.5 Å². The molecule has 0 radical (unpaired) electrons. The van der Waals surface area contributed by atoms with E-state index in [1.165, 1.54) is 0 Å². The van der Waals surface area contributed by atoms with Gasteiger partial charge in [0.2, 0.25) is 0 Å². The van der Waals surface area contributed by atoms with Crippen LogP contribution in [0.1, 0.15) is 11.7 Å². The van der Waals surface area contributed by atoms with E-state index in [4.69, 9.17) is 12.2 Å². The van der Waals surface area contributed by atoms with Crippen LogP contribution in [0.5, 0.6) is 0 Å². The van der Waals surface area contributed by atoms with Crippen molar-refractivity contribution < 1.29 is 0 Å². The lowest BCUT2D eigenvalue weighted by Crippen LogP contribution is -2.08. The summed E-state index contributed by atoms with van der Waals surface area (Å²) in [4.78, 5) is 0. The summed E-state index contributed by atoms with van der Waals surface area (Å²) in [5, 5.41) is 5.34. The van der Waals surface area contributed by atoms with Crippen LogP contribution in [0.15, 0.2) is 24.3 Å². The van der Waals surface area contributed by atoms with Gasteiger partial charge in [0.25, 0.3) is 0 Å². The minimum absolute atomic E-state index is 0.430. The van der Waals surface area contributed by atoms with Gasteiger partial charge in [-0.25, -0.2) is 0 Å². The van der Waals surface area contributed by atoms with Gasteiger partial charge in [0.05, 0.1) is 11.2 Å². The number of aromatic nitrogens is 2. The van der Waals surface area contributed by atoms with Crippen LogP contribution in [0, 0.1) is 12.3 Å². The Balaban J connectivity index is 2.74. The van der Waals surface area contributed by atoms with Gasteiger partial charge in [-0.1, -0.05) is 24.1 Å². The van der Waals surface area contributed by atoms with Gasteiger partial charge in [0.1, 0.15) is 6.04 Å². The monoisotopic (exact) mass is 185 g/mol. The van der Waals surface area contributed by atoms with E-state index in [-0.39, 0.29) is 0 Å². The summed E-state index contributed by atoms with van der Waals surface area (Å²) in [7, 11) is 1.88. The van der Waals surface area contributed by atoms with E-state index in [2.05, 4.69) is 11.0 Å². The molecule has 0 saturated heterocycles. The first-order chi connectivity index (χ1) is 6.74. The van der Waals surface area contributed by atoms with Crippen molar-refractivity contribution in [3.63, 3.8) is 0 Å². The largest absolute Gasteiger partial charge is 0.313 e. The van der Waals surface area contributed by atoms with E-state index < -0.39 is 6.04 Å². The topological polar surface area (TPSA) is 43.8 Å². The van der Waals surface area contributed by atoms with E-state index in [0.29, 0.717) is 0 Å². The molecule has 1 aromatic heterocycles. The Kier molecular flexibility index (Phi) is 1.99. The third kappa shape index (κ3) is 1.17. The fourth-order valence-electron chi connectivity index (χ4n) is 1.55. The number of terminal acetylenes is 1. The molecule has 1 atom stereocenters. The van der Waals surface area contributed by atoms with Crippen molar-refractivity contribution in [2.45, 2.75) is 6.04 Å². The Morgan fingerprint density at radius 2 is 2.21 bits per heavy atom. The van der Waals surface area contributed by atoms with Gasteiger partial charge >= 0.3 is 0 Å². The van der Waals surface area contributed by atoms with Crippen LogP contribution in [-0.4, -0.2) is 9.78 Å². The van der Waals surface area contributed by atoms with Crippen molar-refractivity contribution in [3.05, 3.63) is 30.0 Å². The third-order valence-corrected chi connectivity index (χ3v) is 2.26. The molecule has 14 heavy (non-hydrogen) atoms. The van der Waals surface area contributed by atoms with E-state index in [9.17, 15) is 0 Å². The number of rotatable bonds is 1. The number of hydrogen-bond donors (Lipinski definition) is 1. The highest BCUT2D eigenvalue weighted by molar-refractivity contribution is 5.82. The molecular weight excluding hydrogens is 174 g/mol. The molecule has 0 spiro atoms. The van der Waals surface area contributed by atoms with Crippen molar-refractivity contribution in [1.29, 1.82) is 0 Å². The summed E-state index contributed by atoms with van der Waals surface area (Å²) in [5.41, 5.74) is 7.58. The lowest BCUT2D eigenvalue weighted by molar-refractivity contribution is 0.748. The maximum Gasteiger partial charge on any atom is 0.111 e. The molecule has 0 fully saturated rings. The maximum atomic E-state index is 5.76. The van der Waals surface area contributed by atoms with Crippen LogP contribution in [0.3, 0.4) is 0 Å². The van der Waals surface area contributed by atoms with E-state index >= 15 is 0 Å². The Hall–Kier alpha value is -1.79.